The van der Waals surface area contributed by atoms with E-state index in [1.807, 2.05) is 50.2 Å². The molecule has 0 radical (unpaired) electrons. The first-order chi connectivity index (χ1) is 10.1. The minimum Gasteiger partial charge on any atom is -0.490 e. The molecule has 0 fully saturated rings. The lowest BCUT2D eigenvalue weighted by molar-refractivity contribution is 0.170. The van der Waals surface area contributed by atoms with E-state index in [1.165, 1.54) is 5.56 Å². The van der Waals surface area contributed by atoms with Crippen LogP contribution in [0.4, 0.5) is 0 Å². The highest BCUT2D eigenvalue weighted by Gasteiger charge is 2.20. The van der Waals surface area contributed by atoms with Crippen LogP contribution >= 0.6 is 0 Å². The van der Waals surface area contributed by atoms with E-state index >= 15 is 0 Å². The van der Waals surface area contributed by atoms with Gasteiger partial charge in [0.15, 0.2) is 11.5 Å². The third-order valence-electron chi connectivity index (χ3n) is 3.25. The second kappa shape index (κ2) is 7.14. The number of para-hydroxylation sites is 2. The zero-order valence-electron chi connectivity index (χ0n) is 12.9. The predicted octanol–water partition coefficient (Wildman–Crippen LogP) is 3.86. The monoisotopic (exact) mass is 285 g/mol. The van der Waals surface area contributed by atoms with Gasteiger partial charge in [0.1, 0.15) is 6.10 Å². The molecule has 0 heterocycles. The first kappa shape index (κ1) is 15.4. The molecule has 0 saturated heterocycles. The molecule has 0 amide bonds. The van der Waals surface area contributed by atoms with Gasteiger partial charge in [-0.25, -0.2) is 0 Å². The fraction of sp³-hybridized carbons (Fsp3) is 0.333. The molecular formula is C18H23NO2. The van der Waals surface area contributed by atoms with Crippen LogP contribution in [-0.4, -0.2) is 12.6 Å². The molecule has 21 heavy (non-hydrogen) atoms. The molecule has 0 aliphatic heterocycles. The Balaban J connectivity index is 2.29. The third-order valence-corrected chi connectivity index (χ3v) is 3.25. The lowest BCUT2D eigenvalue weighted by Crippen LogP contribution is -2.29. The average molecular weight is 285 g/mol. The van der Waals surface area contributed by atoms with Crippen molar-refractivity contribution in [3.63, 3.8) is 0 Å². The molecule has 0 aliphatic carbocycles. The van der Waals surface area contributed by atoms with E-state index in [1.54, 1.807) is 0 Å². The highest BCUT2D eigenvalue weighted by molar-refractivity contribution is 5.40. The van der Waals surface area contributed by atoms with E-state index in [9.17, 15) is 0 Å². The molecular weight excluding hydrogens is 262 g/mol. The highest BCUT2D eigenvalue weighted by atomic mass is 16.5. The highest BCUT2D eigenvalue weighted by Crippen LogP contribution is 2.32. The van der Waals surface area contributed by atoms with E-state index in [2.05, 4.69) is 19.1 Å². The van der Waals surface area contributed by atoms with Crippen LogP contribution < -0.4 is 15.2 Å². The van der Waals surface area contributed by atoms with Crippen LogP contribution in [0.2, 0.25) is 0 Å². The molecule has 2 atom stereocenters. The summed E-state index contributed by atoms with van der Waals surface area (Å²) < 4.78 is 11.8. The second-order valence-electron chi connectivity index (χ2n) is 5.19. The third kappa shape index (κ3) is 3.99. The number of ether oxygens (including phenoxy) is 2. The Kier molecular flexibility index (Phi) is 5.23. The maximum Gasteiger partial charge on any atom is 0.162 e. The number of rotatable bonds is 6. The molecule has 2 N–H and O–H groups in total. The normalized spacial score (nSPS) is 13.5. The molecule has 0 bridgehead atoms. The Bertz CT molecular complexity index is 581. The summed E-state index contributed by atoms with van der Waals surface area (Å²) >= 11 is 0. The number of hydrogen-bond acceptors (Lipinski definition) is 3. The summed E-state index contributed by atoms with van der Waals surface area (Å²) in [7, 11) is 0. The van der Waals surface area contributed by atoms with Crippen molar-refractivity contribution in [3.05, 3.63) is 59.7 Å². The van der Waals surface area contributed by atoms with Gasteiger partial charge in [-0.3, -0.25) is 0 Å². The van der Waals surface area contributed by atoms with Crippen LogP contribution in [0.5, 0.6) is 11.5 Å². The Labute approximate surface area is 126 Å². The fourth-order valence-corrected chi connectivity index (χ4v) is 2.29. The van der Waals surface area contributed by atoms with E-state index < -0.39 is 0 Å². The molecule has 2 unspecified atom stereocenters. The quantitative estimate of drug-likeness (QED) is 0.876. The Morgan fingerprint density at radius 3 is 2.38 bits per heavy atom. The Morgan fingerprint density at radius 1 is 1.05 bits per heavy atom. The van der Waals surface area contributed by atoms with Gasteiger partial charge >= 0.3 is 0 Å². The second-order valence-corrected chi connectivity index (χ2v) is 5.19. The zero-order valence-corrected chi connectivity index (χ0v) is 12.9. The summed E-state index contributed by atoms with van der Waals surface area (Å²) in [6.07, 6.45) is -0.202. The smallest absolute Gasteiger partial charge is 0.162 e. The number of aryl methyl sites for hydroxylation is 1. The predicted molar refractivity (Wildman–Crippen MR) is 85.8 cm³/mol. The number of nitrogens with two attached hydrogens (primary N) is 1. The summed E-state index contributed by atoms with van der Waals surface area (Å²) in [6, 6.07) is 15.8. The molecule has 112 valence electrons. The number of hydrogen-bond donors (Lipinski definition) is 1. The largest absolute Gasteiger partial charge is 0.490 e. The van der Waals surface area contributed by atoms with Crippen LogP contribution in [0, 0.1) is 6.92 Å². The van der Waals surface area contributed by atoms with Crippen molar-refractivity contribution in [3.8, 4) is 11.5 Å². The minimum absolute atomic E-state index is 0.124. The van der Waals surface area contributed by atoms with Gasteiger partial charge in [-0.05, 0) is 38.5 Å². The maximum atomic E-state index is 6.15. The van der Waals surface area contributed by atoms with Gasteiger partial charge in [-0.15, -0.1) is 0 Å². The van der Waals surface area contributed by atoms with Crippen molar-refractivity contribution < 1.29 is 9.47 Å². The average Bonchev–Trinajstić information content (AvgIpc) is 2.46. The van der Waals surface area contributed by atoms with Crippen LogP contribution in [0.3, 0.4) is 0 Å². The summed E-state index contributed by atoms with van der Waals surface area (Å²) in [5, 5.41) is 0. The Hall–Kier alpha value is -2.00. The molecule has 0 aromatic heterocycles. The lowest BCUT2D eigenvalue weighted by Gasteiger charge is -2.24. The van der Waals surface area contributed by atoms with Crippen molar-refractivity contribution in [1.82, 2.24) is 0 Å². The van der Waals surface area contributed by atoms with Crippen LogP contribution in [0.1, 0.15) is 31.1 Å². The summed E-state index contributed by atoms with van der Waals surface area (Å²) in [6.45, 7) is 6.58. The molecule has 0 aliphatic rings. The van der Waals surface area contributed by atoms with Crippen molar-refractivity contribution >= 4 is 0 Å². The van der Waals surface area contributed by atoms with E-state index in [-0.39, 0.29) is 12.1 Å². The molecule has 0 spiro atoms. The van der Waals surface area contributed by atoms with Crippen LogP contribution in [0.25, 0.3) is 0 Å². The Morgan fingerprint density at radius 2 is 1.76 bits per heavy atom. The molecule has 3 nitrogen and oxygen atoms in total. The van der Waals surface area contributed by atoms with Gasteiger partial charge in [0, 0.05) is 6.04 Å². The van der Waals surface area contributed by atoms with Gasteiger partial charge in [0.2, 0.25) is 0 Å². The standard InChI is InChI=1S/C18H23NO2/c1-4-20-16-10-5-6-11-17(16)21-18(14(3)19)15-9-7-8-13(2)12-15/h5-12,14,18H,4,19H2,1-3H3. The van der Waals surface area contributed by atoms with Gasteiger partial charge < -0.3 is 15.2 Å². The SMILES string of the molecule is CCOc1ccccc1OC(c1cccc(C)c1)C(C)N. The molecule has 2 aromatic rings. The van der Waals surface area contributed by atoms with Gasteiger partial charge in [0.25, 0.3) is 0 Å². The van der Waals surface area contributed by atoms with Gasteiger partial charge in [-0.2, -0.15) is 0 Å². The molecule has 2 rings (SSSR count). The van der Waals surface area contributed by atoms with Crippen LogP contribution in [-0.2, 0) is 0 Å². The van der Waals surface area contributed by atoms with Crippen molar-refractivity contribution in [2.24, 2.45) is 5.73 Å². The van der Waals surface area contributed by atoms with Gasteiger partial charge in [0.05, 0.1) is 6.61 Å². The first-order valence-electron chi connectivity index (χ1n) is 7.32. The van der Waals surface area contributed by atoms with Crippen molar-refractivity contribution in [2.45, 2.75) is 32.9 Å². The maximum absolute atomic E-state index is 6.15. The first-order valence-corrected chi connectivity index (χ1v) is 7.32. The molecule has 0 saturated carbocycles. The van der Waals surface area contributed by atoms with E-state index in [4.69, 9.17) is 15.2 Å². The van der Waals surface area contributed by atoms with Crippen molar-refractivity contribution in [2.75, 3.05) is 6.61 Å². The van der Waals surface area contributed by atoms with Crippen molar-refractivity contribution in [1.29, 1.82) is 0 Å². The molecule has 2 aromatic carbocycles. The minimum atomic E-state index is -0.202. The molecule has 3 heteroatoms. The van der Waals surface area contributed by atoms with E-state index in [0.717, 1.165) is 17.1 Å². The fourth-order valence-electron chi connectivity index (χ4n) is 2.29. The van der Waals surface area contributed by atoms with Crippen LogP contribution in [0.15, 0.2) is 48.5 Å². The topological polar surface area (TPSA) is 44.5 Å². The zero-order chi connectivity index (χ0) is 15.2. The summed E-state index contributed by atoms with van der Waals surface area (Å²) in [5.74, 6) is 1.47. The lowest BCUT2D eigenvalue weighted by atomic mass is 10.0. The van der Waals surface area contributed by atoms with Gasteiger partial charge in [-0.1, -0.05) is 42.0 Å². The summed E-state index contributed by atoms with van der Waals surface area (Å²) in [4.78, 5) is 0. The number of benzene rings is 2. The van der Waals surface area contributed by atoms with E-state index in [0.29, 0.717) is 6.61 Å². The summed E-state index contributed by atoms with van der Waals surface area (Å²) in [5.41, 5.74) is 8.40.